The number of rotatable bonds is 2. The first kappa shape index (κ1) is 14.9. The van der Waals surface area contributed by atoms with E-state index in [1.165, 1.54) is 12.1 Å². The molecule has 1 aliphatic rings. The molecule has 1 atom stereocenters. The minimum absolute atomic E-state index is 0.0610. The predicted molar refractivity (Wildman–Crippen MR) is 76.0 cm³/mol. The monoisotopic (exact) mass is 341 g/mol. The number of sulfone groups is 1. The number of carbonyl (C=O) groups is 1. The molecule has 104 valence electrons. The largest absolute Gasteiger partial charge is 0.348 e. The second kappa shape index (κ2) is 5.48. The molecule has 0 bridgehead atoms. The number of carbonyl (C=O) groups excluding carboxylic acids is 1. The van der Waals surface area contributed by atoms with E-state index < -0.39 is 21.8 Å². The Balaban J connectivity index is 2.20. The second-order valence-corrected chi connectivity index (χ2v) is 7.71. The highest BCUT2D eigenvalue weighted by atomic mass is 35.5. The van der Waals surface area contributed by atoms with Crippen LogP contribution in [-0.2, 0) is 9.84 Å². The third kappa shape index (κ3) is 3.34. The zero-order valence-corrected chi connectivity index (χ0v) is 12.7. The Morgan fingerprint density at radius 1 is 1.21 bits per heavy atom. The summed E-state index contributed by atoms with van der Waals surface area (Å²) in [4.78, 5) is 12.1. The van der Waals surface area contributed by atoms with E-state index >= 15 is 0 Å². The molecule has 0 radical (unpaired) electrons. The zero-order chi connectivity index (χ0) is 14.2. The van der Waals surface area contributed by atoms with E-state index in [-0.39, 0.29) is 32.1 Å². The van der Waals surface area contributed by atoms with Gasteiger partial charge in [0.2, 0.25) is 0 Å². The van der Waals surface area contributed by atoms with Gasteiger partial charge in [-0.25, -0.2) is 8.42 Å². The molecule has 0 spiro atoms. The van der Waals surface area contributed by atoms with E-state index in [9.17, 15) is 13.2 Å². The van der Waals surface area contributed by atoms with Gasteiger partial charge in [-0.15, -0.1) is 0 Å². The highest BCUT2D eigenvalue weighted by Gasteiger charge is 2.30. The summed E-state index contributed by atoms with van der Waals surface area (Å²) in [5.41, 5.74) is 0.0696. The van der Waals surface area contributed by atoms with Crippen LogP contribution in [0.3, 0.4) is 0 Å². The molecule has 1 N–H and O–H groups in total. The standard InChI is InChI=1S/C11H10Cl3NO3S/c12-7-1-2-8(13)10(14)9(7)11(16)15-6-3-4-19(17,18)5-6/h1-2,6H,3-5H2,(H,15,16). The third-order valence-electron chi connectivity index (χ3n) is 2.84. The van der Waals surface area contributed by atoms with E-state index in [0.717, 1.165) is 0 Å². The fraction of sp³-hybridized carbons (Fsp3) is 0.364. The van der Waals surface area contributed by atoms with Gasteiger partial charge in [-0.3, -0.25) is 4.79 Å². The molecule has 1 fully saturated rings. The Labute approximate surface area is 125 Å². The van der Waals surface area contributed by atoms with Gasteiger partial charge in [-0.1, -0.05) is 34.8 Å². The molecule has 1 amide bonds. The SMILES string of the molecule is O=C(NC1CCS(=O)(=O)C1)c1c(Cl)ccc(Cl)c1Cl. The number of hydrogen-bond acceptors (Lipinski definition) is 3. The van der Waals surface area contributed by atoms with Gasteiger partial charge in [0.1, 0.15) is 0 Å². The Morgan fingerprint density at radius 2 is 1.84 bits per heavy atom. The third-order valence-corrected chi connectivity index (χ3v) is 5.73. The molecule has 1 unspecified atom stereocenters. The topological polar surface area (TPSA) is 63.2 Å². The average Bonchev–Trinajstić information content (AvgIpc) is 2.64. The van der Waals surface area contributed by atoms with Crippen molar-refractivity contribution in [1.29, 1.82) is 0 Å². The first-order chi connectivity index (χ1) is 8.80. The van der Waals surface area contributed by atoms with Crippen LogP contribution in [-0.4, -0.2) is 31.9 Å². The highest BCUT2D eigenvalue weighted by molar-refractivity contribution is 7.91. The number of halogens is 3. The first-order valence-corrected chi connectivity index (χ1v) is 8.40. The van der Waals surface area contributed by atoms with E-state index in [1.54, 1.807) is 0 Å². The van der Waals surface area contributed by atoms with Crippen molar-refractivity contribution in [2.75, 3.05) is 11.5 Å². The van der Waals surface area contributed by atoms with Crippen LogP contribution in [0.15, 0.2) is 12.1 Å². The molecule has 1 aromatic rings. The van der Waals surface area contributed by atoms with Crippen LogP contribution >= 0.6 is 34.8 Å². The van der Waals surface area contributed by atoms with Gasteiger partial charge in [-0.05, 0) is 18.6 Å². The summed E-state index contributed by atoms with van der Waals surface area (Å²) >= 11 is 17.7. The summed E-state index contributed by atoms with van der Waals surface area (Å²) in [6.07, 6.45) is 0.393. The normalized spacial score (nSPS) is 21.3. The minimum Gasteiger partial charge on any atom is -0.348 e. The minimum atomic E-state index is -3.06. The molecule has 1 heterocycles. The molecular weight excluding hydrogens is 333 g/mol. The summed E-state index contributed by atoms with van der Waals surface area (Å²) in [6, 6.07) is 2.54. The molecule has 19 heavy (non-hydrogen) atoms. The Bertz CT molecular complexity index is 630. The smallest absolute Gasteiger partial charge is 0.254 e. The Morgan fingerprint density at radius 3 is 2.42 bits per heavy atom. The van der Waals surface area contributed by atoms with E-state index in [1.807, 2.05) is 0 Å². The molecule has 2 rings (SSSR count). The summed E-state index contributed by atoms with van der Waals surface area (Å²) in [6.45, 7) is 0. The molecule has 0 aromatic heterocycles. The highest BCUT2D eigenvalue weighted by Crippen LogP contribution is 2.31. The molecule has 1 aliphatic heterocycles. The number of benzene rings is 1. The molecule has 1 saturated heterocycles. The lowest BCUT2D eigenvalue weighted by Gasteiger charge is -2.13. The lowest BCUT2D eigenvalue weighted by Crippen LogP contribution is -2.35. The van der Waals surface area contributed by atoms with Crippen molar-refractivity contribution in [1.82, 2.24) is 5.32 Å². The quantitative estimate of drug-likeness (QED) is 0.840. The van der Waals surface area contributed by atoms with Crippen LogP contribution < -0.4 is 5.32 Å². The van der Waals surface area contributed by atoms with Crippen LogP contribution in [0, 0.1) is 0 Å². The average molecular weight is 343 g/mol. The van der Waals surface area contributed by atoms with Gasteiger partial charge in [0, 0.05) is 6.04 Å². The number of hydrogen-bond donors (Lipinski definition) is 1. The van der Waals surface area contributed by atoms with Crippen molar-refractivity contribution < 1.29 is 13.2 Å². The summed E-state index contributed by atoms with van der Waals surface area (Å²) in [5.74, 6) is -0.497. The van der Waals surface area contributed by atoms with Gasteiger partial charge in [-0.2, -0.15) is 0 Å². The van der Waals surface area contributed by atoms with Gasteiger partial charge in [0.15, 0.2) is 9.84 Å². The predicted octanol–water partition coefficient (Wildman–Crippen LogP) is 2.56. The van der Waals surface area contributed by atoms with E-state index in [2.05, 4.69) is 5.32 Å². The summed E-state index contributed by atoms with van der Waals surface area (Å²) in [5, 5.41) is 3.07. The fourth-order valence-corrected chi connectivity index (χ4v) is 4.27. The maximum Gasteiger partial charge on any atom is 0.254 e. The van der Waals surface area contributed by atoms with Crippen LogP contribution in [0.5, 0.6) is 0 Å². The molecule has 0 aliphatic carbocycles. The van der Waals surface area contributed by atoms with E-state index in [4.69, 9.17) is 34.8 Å². The first-order valence-electron chi connectivity index (χ1n) is 5.45. The summed E-state index contributed by atoms with van der Waals surface area (Å²) < 4.78 is 22.6. The van der Waals surface area contributed by atoms with Crippen LogP contribution in [0.1, 0.15) is 16.8 Å². The van der Waals surface area contributed by atoms with Crippen LogP contribution in [0.4, 0.5) is 0 Å². The van der Waals surface area contributed by atoms with Crippen molar-refractivity contribution in [3.8, 4) is 0 Å². The molecular formula is C11H10Cl3NO3S. The fourth-order valence-electron chi connectivity index (χ4n) is 1.90. The maximum absolute atomic E-state index is 12.1. The van der Waals surface area contributed by atoms with Crippen LogP contribution in [0.25, 0.3) is 0 Å². The van der Waals surface area contributed by atoms with Gasteiger partial charge in [0.05, 0.1) is 32.1 Å². The second-order valence-electron chi connectivity index (χ2n) is 4.29. The summed E-state index contributed by atoms with van der Waals surface area (Å²) in [7, 11) is -3.06. The van der Waals surface area contributed by atoms with Crippen LogP contribution in [0.2, 0.25) is 15.1 Å². The molecule has 8 heteroatoms. The van der Waals surface area contributed by atoms with E-state index in [0.29, 0.717) is 6.42 Å². The van der Waals surface area contributed by atoms with Crippen molar-refractivity contribution in [2.45, 2.75) is 12.5 Å². The van der Waals surface area contributed by atoms with Gasteiger partial charge >= 0.3 is 0 Å². The van der Waals surface area contributed by atoms with Gasteiger partial charge < -0.3 is 5.32 Å². The lowest BCUT2D eigenvalue weighted by molar-refractivity contribution is 0.0941. The molecule has 1 aromatic carbocycles. The van der Waals surface area contributed by atoms with Crippen molar-refractivity contribution in [2.24, 2.45) is 0 Å². The van der Waals surface area contributed by atoms with Crippen molar-refractivity contribution in [3.05, 3.63) is 32.8 Å². The molecule has 4 nitrogen and oxygen atoms in total. The van der Waals surface area contributed by atoms with Gasteiger partial charge in [0.25, 0.3) is 5.91 Å². The maximum atomic E-state index is 12.1. The van der Waals surface area contributed by atoms with Crippen molar-refractivity contribution >= 4 is 50.5 Å². The number of nitrogens with one attached hydrogen (secondary N) is 1. The Hall–Kier alpha value is -0.490. The molecule has 0 saturated carbocycles. The number of amides is 1. The van der Waals surface area contributed by atoms with Crippen molar-refractivity contribution in [3.63, 3.8) is 0 Å². The Kier molecular flexibility index (Phi) is 4.30. The lowest BCUT2D eigenvalue weighted by atomic mass is 10.2. The zero-order valence-electron chi connectivity index (χ0n) is 9.62.